The van der Waals surface area contributed by atoms with Gasteiger partial charge in [-0.3, -0.25) is 9.21 Å². The first-order valence-electron chi connectivity index (χ1n) is 11.2. The highest BCUT2D eigenvalue weighted by atomic mass is 32.2. The van der Waals surface area contributed by atoms with E-state index in [1.165, 1.54) is 4.31 Å². The van der Waals surface area contributed by atoms with Crippen LogP contribution in [0.5, 0.6) is 0 Å². The van der Waals surface area contributed by atoms with E-state index in [1.807, 2.05) is 54.6 Å². The van der Waals surface area contributed by atoms with Crippen LogP contribution >= 0.6 is 0 Å². The summed E-state index contributed by atoms with van der Waals surface area (Å²) in [6.45, 7) is 10.3. The number of hydrogen-bond acceptors (Lipinski definition) is 4. The Morgan fingerprint density at radius 2 is 1.55 bits per heavy atom. The van der Waals surface area contributed by atoms with E-state index in [9.17, 15) is 8.42 Å². The highest BCUT2D eigenvalue weighted by molar-refractivity contribution is 7.95. The first kappa shape index (κ1) is 22.1. The van der Waals surface area contributed by atoms with Crippen molar-refractivity contribution in [3.05, 3.63) is 54.6 Å². The van der Waals surface area contributed by atoms with Gasteiger partial charge in [-0.05, 0) is 70.8 Å². The highest BCUT2D eigenvalue weighted by Gasteiger charge is 2.40. The molecule has 0 spiro atoms. The SMILES string of the molecule is CC(C)(C)N1CCC(NCCCN2c3ccccc3N(c3ccccc3)S2(=O)=O)CC1. The number of piperidine rings is 1. The van der Waals surface area contributed by atoms with E-state index in [0.29, 0.717) is 18.3 Å². The zero-order valence-electron chi connectivity index (χ0n) is 18.8. The summed E-state index contributed by atoms with van der Waals surface area (Å²) in [5.41, 5.74) is 2.37. The van der Waals surface area contributed by atoms with Crippen LogP contribution in [0, 0.1) is 0 Å². The van der Waals surface area contributed by atoms with Gasteiger partial charge >= 0.3 is 10.2 Å². The maximum Gasteiger partial charge on any atom is 0.330 e. The predicted molar refractivity (Wildman–Crippen MR) is 128 cm³/mol. The topological polar surface area (TPSA) is 55.9 Å². The maximum absolute atomic E-state index is 13.4. The number of likely N-dealkylation sites (tertiary alicyclic amines) is 1. The van der Waals surface area contributed by atoms with Crippen molar-refractivity contribution in [3.63, 3.8) is 0 Å². The molecular weight excluding hydrogens is 408 g/mol. The molecule has 2 aromatic carbocycles. The second-order valence-corrected chi connectivity index (χ2v) is 11.1. The molecule has 1 fully saturated rings. The molecule has 2 heterocycles. The van der Waals surface area contributed by atoms with Crippen LogP contribution < -0.4 is 13.9 Å². The summed E-state index contributed by atoms with van der Waals surface area (Å²) in [6.07, 6.45) is 3.06. The predicted octanol–water partition coefficient (Wildman–Crippen LogP) is 4.13. The first-order chi connectivity index (χ1) is 14.8. The van der Waals surface area contributed by atoms with E-state index in [-0.39, 0.29) is 5.54 Å². The zero-order valence-corrected chi connectivity index (χ0v) is 19.6. The fourth-order valence-corrected chi connectivity index (χ4v) is 6.30. The molecule has 1 N–H and O–H groups in total. The van der Waals surface area contributed by atoms with Crippen LogP contribution in [0.15, 0.2) is 54.6 Å². The minimum Gasteiger partial charge on any atom is -0.314 e. The van der Waals surface area contributed by atoms with Crippen molar-refractivity contribution in [2.75, 3.05) is 34.8 Å². The van der Waals surface area contributed by atoms with E-state index in [0.717, 1.165) is 50.3 Å². The number of fused-ring (bicyclic) bond motifs is 1. The van der Waals surface area contributed by atoms with Gasteiger partial charge in [0.25, 0.3) is 0 Å². The summed E-state index contributed by atoms with van der Waals surface area (Å²) in [5.74, 6) is 0. The van der Waals surface area contributed by atoms with Gasteiger partial charge in [0.15, 0.2) is 0 Å². The summed E-state index contributed by atoms with van der Waals surface area (Å²) in [5, 5.41) is 3.65. The van der Waals surface area contributed by atoms with Gasteiger partial charge in [-0.25, -0.2) is 4.31 Å². The molecule has 0 amide bonds. The van der Waals surface area contributed by atoms with Gasteiger partial charge < -0.3 is 5.32 Å². The van der Waals surface area contributed by atoms with Crippen LogP contribution in [0.1, 0.15) is 40.0 Å². The van der Waals surface area contributed by atoms with E-state index < -0.39 is 10.2 Å². The lowest BCUT2D eigenvalue weighted by Crippen LogP contribution is -2.50. The third-order valence-corrected chi connectivity index (χ3v) is 8.09. The van der Waals surface area contributed by atoms with E-state index in [2.05, 4.69) is 31.0 Å². The summed E-state index contributed by atoms with van der Waals surface area (Å²) < 4.78 is 29.8. The molecule has 0 bridgehead atoms. The minimum atomic E-state index is -3.64. The van der Waals surface area contributed by atoms with Crippen LogP contribution in [0.25, 0.3) is 0 Å². The fraction of sp³-hybridized carbons (Fsp3) is 0.500. The van der Waals surface area contributed by atoms with Crippen molar-refractivity contribution < 1.29 is 8.42 Å². The van der Waals surface area contributed by atoms with Crippen molar-refractivity contribution in [3.8, 4) is 0 Å². The second-order valence-electron chi connectivity index (χ2n) is 9.41. The Hall–Kier alpha value is -2.09. The van der Waals surface area contributed by atoms with Gasteiger partial charge in [0.05, 0.1) is 17.1 Å². The number of nitrogens with zero attached hydrogens (tertiary/aromatic N) is 3. The maximum atomic E-state index is 13.4. The molecule has 0 unspecified atom stereocenters. The molecule has 31 heavy (non-hydrogen) atoms. The average molecular weight is 443 g/mol. The van der Waals surface area contributed by atoms with Gasteiger partial charge in [-0.1, -0.05) is 30.3 Å². The molecule has 0 aliphatic carbocycles. The molecular formula is C24H34N4O2S. The van der Waals surface area contributed by atoms with Crippen molar-refractivity contribution in [2.24, 2.45) is 0 Å². The summed E-state index contributed by atoms with van der Waals surface area (Å²) in [4.78, 5) is 2.54. The Labute approximate surface area is 187 Å². The van der Waals surface area contributed by atoms with Gasteiger partial charge in [-0.2, -0.15) is 8.42 Å². The quantitative estimate of drug-likeness (QED) is 0.684. The second kappa shape index (κ2) is 8.81. The summed E-state index contributed by atoms with van der Waals surface area (Å²) in [6, 6.07) is 17.4. The molecule has 6 nitrogen and oxygen atoms in total. The number of hydrogen-bond donors (Lipinski definition) is 1. The minimum absolute atomic E-state index is 0.229. The number of para-hydroxylation sites is 3. The lowest BCUT2D eigenvalue weighted by molar-refractivity contribution is 0.0964. The molecule has 7 heteroatoms. The zero-order chi connectivity index (χ0) is 22.1. The number of anilines is 3. The van der Waals surface area contributed by atoms with Gasteiger partial charge in [0, 0.05) is 31.2 Å². The Balaban J connectivity index is 1.37. The Bertz CT molecular complexity index is 980. The normalized spacial score (nSPS) is 19.6. The number of rotatable bonds is 6. The lowest BCUT2D eigenvalue weighted by atomic mass is 9.98. The molecule has 2 aliphatic heterocycles. The third kappa shape index (κ3) is 4.59. The number of benzene rings is 2. The molecule has 0 atom stereocenters. The molecule has 0 radical (unpaired) electrons. The van der Waals surface area contributed by atoms with Crippen LogP contribution in [0.4, 0.5) is 17.1 Å². The molecule has 2 aliphatic rings. The average Bonchev–Trinajstić information content (AvgIpc) is 2.97. The molecule has 168 valence electrons. The van der Waals surface area contributed by atoms with Crippen LogP contribution in [0.3, 0.4) is 0 Å². The van der Waals surface area contributed by atoms with E-state index in [1.54, 1.807) is 4.31 Å². The molecule has 0 aromatic heterocycles. The van der Waals surface area contributed by atoms with Crippen LogP contribution in [-0.2, 0) is 10.2 Å². The highest BCUT2D eigenvalue weighted by Crippen LogP contribution is 2.44. The van der Waals surface area contributed by atoms with Gasteiger partial charge in [0.1, 0.15) is 0 Å². The molecule has 0 saturated carbocycles. The summed E-state index contributed by atoms with van der Waals surface area (Å²) in [7, 11) is -3.64. The Morgan fingerprint density at radius 3 is 2.19 bits per heavy atom. The summed E-state index contributed by atoms with van der Waals surface area (Å²) >= 11 is 0. The molecule has 1 saturated heterocycles. The van der Waals surface area contributed by atoms with Crippen molar-refractivity contribution in [2.45, 2.75) is 51.6 Å². The largest absolute Gasteiger partial charge is 0.330 e. The van der Waals surface area contributed by atoms with Gasteiger partial charge in [0.2, 0.25) is 0 Å². The van der Waals surface area contributed by atoms with Gasteiger partial charge in [-0.15, -0.1) is 0 Å². The van der Waals surface area contributed by atoms with Crippen molar-refractivity contribution >= 4 is 27.3 Å². The Kier molecular flexibility index (Phi) is 6.28. The Morgan fingerprint density at radius 1 is 0.935 bits per heavy atom. The molecule has 2 aromatic rings. The third-order valence-electron chi connectivity index (χ3n) is 6.28. The standard InChI is InChI=1S/C24H34N4O2S/c1-24(2,3)26-18-14-20(15-19-26)25-16-9-17-27-22-12-7-8-13-23(22)28(31(27,29)30)21-10-5-4-6-11-21/h4-8,10-13,20,25H,9,14-19H2,1-3H3. The molecule has 4 rings (SSSR count). The van der Waals surface area contributed by atoms with Crippen LogP contribution in [-0.4, -0.2) is 51.1 Å². The van der Waals surface area contributed by atoms with Crippen molar-refractivity contribution in [1.29, 1.82) is 0 Å². The smallest absolute Gasteiger partial charge is 0.314 e. The van der Waals surface area contributed by atoms with Crippen LogP contribution in [0.2, 0.25) is 0 Å². The van der Waals surface area contributed by atoms with E-state index in [4.69, 9.17) is 0 Å². The first-order valence-corrected chi connectivity index (χ1v) is 12.6. The van der Waals surface area contributed by atoms with E-state index >= 15 is 0 Å². The number of nitrogens with one attached hydrogen (secondary N) is 1. The fourth-order valence-electron chi connectivity index (χ4n) is 4.55. The monoisotopic (exact) mass is 442 g/mol. The van der Waals surface area contributed by atoms with Crippen molar-refractivity contribution in [1.82, 2.24) is 10.2 Å². The lowest BCUT2D eigenvalue weighted by Gasteiger charge is -2.41.